The van der Waals surface area contributed by atoms with Gasteiger partial charge in [0.1, 0.15) is 28.9 Å². The molecule has 0 heterocycles. The highest BCUT2D eigenvalue weighted by atomic mass is 35.5. The number of phenols is 2. The molecule has 25 heavy (non-hydrogen) atoms. The van der Waals surface area contributed by atoms with Crippen molar-refractivity contribution in [2.45, 2.75) is 52.6 Å². The SMILES string of the molecule is C=CC[C@@H](C)OC(=O)c1c(O)cc(O)c(Cl)c1CC(=O)CC(C)CC. The van der Waals surface area contributed by atoms with Crippen LogP contribution in [0.15, 0.2) is 18.7 Å². The van der Waals surface area contributed by atoms with Gasteiger partial charge in [-0.25, -0.2) is 4.79 Å². The number of aromatic hydroxyl groups is 2. The van der Waals surface area contributed by atoms with E-state index < -0.39 is 17.8 Å². The number of rotatable bonds is 9. The zero-order valence-corrected chi connectivity index (χ0v) is 15.6. The van der Waals surface area contributed by atoms with Crippen molar-refractivity contribution in [3.63, 3.8) is 0 Å². The molecule has 0 radical (unpaired) electrons. The normalized spacial score (nSPS) is 13.1. The fourth-order valence-electron chi connectivity index (χ4n) is 2.40. The summed E-state index contributed by atoms with van der Waals surface area (Å²) in [6, 6.07) is 0.972. The molecular weight excluding hydrogens is 344 g/mol. The molecule has 0 aliphatic rings. The van der Waals surface area contributed by atoms with Gasteiger partial charge in [-0.05, 0) is 12.8 Å². The van der Waals surface area contributed by atoms with Gasteiger partial charge in [0, 0.05) is 30.9 Å². The van der Waals surface area contributed by atoms with E-state index in [0.717, 1.165) is 12.5 Å². The van der Waals surface area contributed by atoms with Gasteiger partial charge in [-0.15, -0.1) is 6.58 Å². The largest absolute Gasteiger partial charge is 0.507 e. The van der Waals surface area contributed by atoms with Gasteiger partial charge >= 0.3 is 5.97 Å². The molecule has 0 aliphatic carbocycles. The van der Waals surface area contributed by atoms with E-state index in [1.54, 1.807) is 13.0 Å². The summed E-state index contributed by atoms with van der Waals surface area (Å²) in [4.78, 5) is 24.7. The van der Waals surface area contributed by atoms with Crippen molar-refractivity contribution in [1.29, 1.82) is 0 Å². The summed E-state index contributed by atoms with van der Waals surface area (Å²) in [5.41, 5.74) is -0.0977. The average molecular weight is 369 g/mol. The van der Waals surface area contributed by atoms with E-state index in [0.29, 0.717) is 12.8 Å². The number of benzene rings is 1. The van der Waals surface area contributed by atoms with Crippen LogP contribution in [0.25, 0.3) is 0 Å². The molecule has 1 aromatic rings. The number of hydrogen-bond donors (Lipinski definition) is 2. The monoisotopic (exact) mass is 368 g/mol. The van der Waals surface area contributed by atoms with Crippen LogP contribution in [-0.4, -0.2) is 28.1 Å². The van der Waals surface area contributed by atoms with E-state index >= 15 is 0 Å². The van der Waals surface area contributed by atoms with Crippen molar-refractivity contribution in [3.8, 4) is 11.5 Å². The highest BCUT2D eigenvalue weighted by Crippen LogP contribution is 2.37. The van der Waals surface area contributed by atoms with Gasteiger partial charge in [-0.3, -0.25) is 4.79 Å². The number of carbonyl (C=O) groups excluding carboxylic acids is 2. The summed E-state index contributed by atoms with van der Waals surface area (Å²) < 4.78 is 5.26. The lowest BCUT2D eigenvalue weighted by atomic mass is 9.95. The first-order valence-electron chi connectivity index (χ1n) is 8.28. The van der Waals surface area contributed by atoms with Crippen LogP contribution in [0.5, 0.6) is 11.5 Å². The predicted molar refractivity (Wildman–Crippen MR) is 97.3 cm³/mol. The molecule has 1 aromatic carbocycles. The number of Topliss-reactive ketones (excluding diaryl/α,β-unsaturated/α-hetero) is 1. The molecule has 0 aromatic heterocycles. The lowest BCUT2D eigenvalue weighted by Crippen LogP contribution is -2.18. The number of hydrogen-bond acceptors (Lipinski definition) is 5. The Hall–Kier alpha value is -2.01. The van der Waals surface area contributed by atoms with Crippen LogP contribution in [0.2, 0.25) is 5.02 Å². The van der Waals surface area contributed by atoms with Gasteiger partial charge in [0.15, 0.2) is 0 Å². The zero-order chi connectivity index (χ0) is 19.1. The molecule has 0 amide bonds. The first-order valence-corrected chi connectivity index (χ1v) is 8.65. The fourth-order valence-corrected chi connectivity index (χ4v) is 2.62. The third kappa shape index (κ3) is 5.78. The zero-order valence-electron chi connectivity index (χ0n) is 14.8. The van der Waals surface area contributed by atoms with Gasteiger partial charge in [0.25, 0.3) is 0 Å². The minimum Gasteiger partial charge on any atom is -0.507 e. The van der Waals surface area contributed by atoms with Crippen LogP contribution in [0.4, 0.5) is 0 Å². The molecule has 0 fully saturated rings. The number of phenolic OH excluding ortho intramolecular Hbond substituents is 2. The third-order valence-corrected chi connectivity index (χ3v) is 4.40. The second-order valence-corrected chi connectivity index (χ2v) is 6.63. The van der Waals surface area contributed by atoms with Crippen LogP contribution in [0.3, 0.4) is 0 Å². The smallest absolute Gasteiger partial charge is 0.342 e. The third-order valence-electron chi connectivity index (χ3n) is 3.98. The van der Waals surface area contributed by atoms with Gasteiger partial charge in [0.2, 0.25) is 0 Å². The van der Waals surface area contributed by atoms with E-state index in [1.165, 1.54) is 0 Å². The fraction of sp³-hybridized carbons (Fsp3) is 0.474. The molecule has 0 saturated carbocycles. The van der Waals surface area contributed by atoms with Crippen LogP contribution in [0.1, 0.15) is 56.0 Å². The maximum absolute atomic E-state index is 12.4. The molecule has 1 unspecified atom stereocenters. The Kier molecular flexibility index (Phi) is 7.97. The Morgan fingerprint density at radius 2 is 1.96 bits per heavy atom. The van der Waals surface area contributed by atoms with Crippen molar-refractivity contribution >= 4 is 23.4 Å². The standard InChI is InChI=1S/C19H25ClO5/c1-5-7-12(4)25-19(24)17-14(9-13(21)8-11(3)6-2)18(20)16(23)10-15(17)22/h5,10-12,22-23H,1,6-9H2,2-4H3/t11?,12-/m1/s1. The lowest BCUT2D eigenvalue weighted by molar-refractivity contribution is -0.119. The molecular formula is C19H25ClO5. The molecule has 0 bridgehead atoms. The molecule has 0 spiro atoms. The van der Waals surface area contributed by atoms with Crippen LogP contribution >= 0.6 is 11.6 Å². The van der Waals surface area contributed by atoms with Crippen molar-refractivity contribution in [1.82, 2.24) is 0 Å². The quantitative estimate of drug-likeness (QED) is 0.498. The van der Waals surface area contributed by atoms with Crippen LogP contribution in [-0.2, 0) is 16.0 Å². The minimum absolute atomic E-state index is 0.0864. The Balaban J connectivity index is 3.19. The van der Waals surface area contributed by atoms with Crippen molar-refractivity contribution in [2.24, 2.45) is 5.92 Å². The van der Waals surface area contributed by atoms with Crippen LogP contribution < -0.4 is 0 Å². The van der Waals surface area contributed by atoms with Crippen molar-refractivity contribution in [3.05, 3.63) is 34.9 Å². The molecule has 2 N–H and O–H groups in total. The summed E-state index contributed by atoms with van der Waals surface area (Å²) in [5, 5.41) is 19.8. The number of ketones is 1. The summed E-state index contributed by atoms with van der Waals surface area (Å²) >= 11 is 6.09. The second kappa shape index (κ2) is 9.47. The maximum Gasteiger partial charge on any atom is 0.342 e. The molecule has 2 atom stereocenters. The van der Waals surface area contributed by atoms with E-state index in [1.807, 2.05) is 13.8 Å². The summed E-state index contributed by atoms with van der Waals surface area (Å²) in [6.07, 6.45) is 2.62. The highest BCUT2D eigenvalue weighted by molar-refractivity contribution is 6.33. The van der Waals surface area contributed by atoms with Gasteiger partial charge < -0.3 is 14.9 Å². The van der Waals surface area contributed by atoms with E-state index in [-0.39, 0.29) is 40.0 Å². The number of esters is 1. The van der Waals surface area contributed by atoms with Crippen LogP contribution in [0, 0.1) is 5.92 Å². The summed E-state index contributed by atoms with van der Waals surface area (Å²) in [7, 11) is 0. The summed E-state index contributed by atoms with van der Waals surface area (Å²) in [6.45, 7) is 9.19. The Morgan fingerprint density at radius 1 is 1.32 bits per heavy atom. The van der Waals surface area contributed by atoms with Gasteiger partial charge in [-0.1, -0.05) is 37.9 Å². The van der Waals surface area contributed by atoms with E-state index in [4.69, 9.17) is 16.3 Å². The maximum atomic E-state index is 12.4. The van der Waals surface area contributed by atoms with Gasteiger partial charge in [-0.2, -0.15) is 0 Å². The number of ether oxygens (including phenoxy) is 1. The molecule has 138 valence electrons. The van der Waals surface area contributed by atoms with Crippen molar-refractivity contribution < 1.29 is 24.5 Å². The molecule has 5 nitrogen and oxygen atoms in total. The molecule has 0 saturated heterocycles. The Bertz CT molecular complexity index is 654. The Morgan fingerprint density at radius 3 is 2.52 bits per heavy atom. The summed E-state index contributed by atoms with van der Waals surface area (Å²) in [5.74, 6) is -1.58. The number of halogens is 1. The minimum atomic E-state index is -0.792. The highest BCUT2D eigenvalue weighted by Gasteiger charge is 2.26. The lowest BCUT2D eigenvalue weighted by Gasteiger charge is -2.17. The topological polar surface area (TPSA) is 83.8 Å². The second-order valence-electron chi connectivity index (χ2n) is 6.26. The molecule has 6 heteroatoms. The van der Waals surface area contributed by atoms with Gasteiger partial charge in [0.05, 0.1) is 5.02 Å². The predicted octanol–water partition coefficient (Wildman–Crippen LogP) is 4.42. The number of carbonyl (C=O) groups is 2. The first kappa shape index (κ1) is 21.0. The first-order chi connectivity index (χ1) is 11.7. The van der Waals surface area contributed by atoms with Crippen molar-refractivity contribution in [2.75, 3.05) is 0 Å². The molecule has 1 rings (SSSR count). The average Bonchev–Trinajstić information content (AvgIpc) is 2.52. The van der Waals surface area contributed by atoms with E-state index in [9.17, 15) is 19.8 Å². The Labute approximate surface area is 153 Å². The van der Waals surface area contributed by atoms with E-state index in [2.05, 4.69) is 6.58 Å². The molecule has 0 aliphatic heterocycles.